The van der Waals surface area contributed by atoms with Gasteiger partial charge < -0.3 is 0 Å². The first-order chi connectivity index (χ1) is 8.43. The molecule has 0 unspecified atom stereocenters. The van der Waals surface area contributed by atoms with E-state index < -0.39 is 0 Å². The molecule has 0 nitrogen and oxygen atoms in total. The Kier molecular flexibility index (Phi) is 1.70. The first-order valence-corrected chi connectivity index (χ1v) is 6.03. The van der Waals surface area contributed by atoms with Crippen molar-refractivity contribution in [1.29, 1.82) is 0 Å². The van der Waals surface area contributed by atoms with E-state index in [0.717, 1.165) is 6.42 Å². The van der Waals surface area contributed by atoms with E-state index in [4.69, 9.17) is 0 Å². The fourth-order valence-corrected chi connectivity index (χ4v) is 2.88. The Balaban J connectivity index is 2.40. The van der Waals surface area contributed by atoms with Crippen LogP contribution in [0.4, 0.5) is 0 Å². The molecule has 0 spiro atoms. The Bertz CT molecular complexity index is 763. The maximum atomic E-state index is 2.27. The van der Waals surface area contributed by atoms with Crippen LogP contribution in [-0.2, 0) is 6.42 Å². The van der Waals surface area contributed by atoms with Crippen molar-refractivity contribution in [1.82, 2.24) is 0 Å². The minimum absolute atomic E-state index is 1.03. The summed E-state index contributed by atoms with van der Waals surface area (Å²) >= 11 is 0. The fraction of sp³-hybridized carbons (Fsp3) is 0.0588. The summed E-state index contributed by atoms with van der Waals surface area (Å²) in [6, 6.07) is 17.6. The molecule has 0 heteroatoms. The Hall–Kier alpha value is -2.08. The molecule has 0 bridgehead atoms. The van der Waals surface area contributed by atoms with E-state index in [1.807, 2.05) is 0 Å². The third-order valence-electron chi connectivity index (χ3n) is 3.64. The quantitative estimate of drug-likeness (QED) is 0.483. The predicted octanol–water partition coefficient (Wildman–Crippen LogP) is 4.56. The van der Waals surface area contributed by atoms with Gasteiger partial charge >= 0.3 is 0 Å². The van der Waals surface area contributed by atoms with Crippen LogP contribution in [0.5, 0.6) is 0 Å². The number of hydrogen-bond donors (Lipinski definition) is 0. The van der Waals surface area contributed by atoms with Gasteiger partial charge in [-0.05, 0) is 39.1 Å². The van der Waals surface area contributed by atoms with Crippen molar-refractivity contribution in [2.75, 3.05) is 0 Å². The van der Waals surface area contributed by atoms with Crippen molar-refractivity contribution >= 4 is 27.6 Å². The molecule has 0 saturated carbocycles. The van der Waals surface area contributed by atoms with E-state index in [1.54, 1.807) is 0 Å². The molecule has 0 aliphatic heterocycles. The van der Waals surface area contributed by atoms with Crippen molar-refractivity contribution in [3.63, 3.8) is 0 Å². The minimum Gasteiger partial charge on any atom is -0.0795 e. The van der Waals surface area contributed by atoms with Crippen LogP contribution < -0.4 is 0 Å². The maximum absolute atomic E-state index is 2.27. The van der Waals surface area contributed by atoms with Crippen molar-refractivity contribution in [3.05, 3.63) is 65.7 Å². The summed E-state index contributed by atoms with van der Waals surface area (Å²) in [6.45, 7) is 0. The number of rotatable bonds is 0. The predicted molar refractivity (Wildman–Crippen MR) is 74.2 cm³/mol. The Morgan fingerprint density at radius 1 is 0.706 bits per heavy atom. The molecule has 80 valence electrons. The highest BCUT2D eigenvalue weighted by atomic mass is 14.1. The number of benzene rings is 3. The van der Waals surface area contributed by atoms with Gasteiger partial charge in [0.05, 0.1) is 0 Å². The van der Waals surface area contributed by atoms with Crippen molar-refractivity contribution in [2.24, 2.45) is 0 Å². The minimum atomic E-state index is 1.03. The van der Waals surface area contributed by atoms with Crippen molar-refractivity contribution in [3.8, 4) is 0 Å². The van der Waals surface area contributed by atoms with E-state index in [9.17, 15) is 0 Å². The summed E-state index contributed by atoms with van der Waals surface area (Å²) in [5, 5.41) is 5.54. The van der Waals surface area contributed by atoms with E-state index in [2.05, 4.69) is 60.7 Å². The van der Waals surface area contributed by atoms with Gasteiger partial charge in [-0.25, -0.2) is 0 Å². The normalized spacial score (nSPS) is 13.4. The molecule has 0 heterocycles. The van der Waals surface area contributed by atoms with Crippen LogP contribution in [0.15, 0.2) is 54.6 Å². The van der Waals surface area contributed by atoms with Crippen LogP contribution in [0.3, 0.4) is 0 Å². The van der Waals surface area contributed by atoms with Crippen LogP contribution in [0.2, 0.25) is 0 Å². The first-order valence-electron chi connectivity index (χ1n) is 6.03. The van der Waals surface area contributed by atoms with E-state index >= 15 is 0 Å². The molecule has 0 amide bonds. The van der Waals surface area contributed by atoms with E-state index in [0.29, 0.717) is 0 Å². The Morgan fingerprint density at radius 2 is 1.47 bits per heavy atom. The van der Waals surface area contributed by atoms with E-state index in [-0.39, 0.29) is 0 Å². The lowest BCUT2D eigenvalue weighted by Crippen LogP contribution is -1.85. The molecule has 0 radical (unpaired) electrons. The standard InChI is InChI=1S/C17H12/c1-4-12-6-2-8-14-10-11-15-9-3-7-13(5-1)17(15)16(12)14/h1-4,6-11H,5H2. The fourth-order valence-electron chi connectivity index (χ4n) is 2.88. The van der Waals surface area contributed by atoms with Crippen molar-refractivity contribution in [2.45, 2.75) is 6.42 Å². The summed E-state index contributed by atoms with van der Waals surface area (Å²) in [5.74, 6) is 0. The Morgan fingerprint density at radius 3 is 2.35 bits per heavy atom. The molecule has 0 N–H and O–H groups in total. The maximum Gasteiger partial charge on any atom is -0.00301 e. The smallest absolute Gasteiger partial charge is 0.00301 e. The average Bonchev–Trinajstić information content (AvgIpc) is 2.57. The molecule has 4 rings (SSSR count). The molecule has 0 atom stereocenters. The average molecular weight is 216 g/mol. The second-order valence-electron chi connectivity index (χ2n) is 4.63. The largest absolute Gasteiger partial charge is 0.0795 e. The molecule has 1 aliphatic carbocycles. The summed E-state index contributed by atoms with van der Waals surface area (Å²) in [5.41, 5.74) is 2.78. The summed E-state index contributed by atoms with van der Waals surface area (Å²) in [4.78, 5) is 0. The van der Waals surface area contributed by atoms with Crippen LogP contribution in [0.1, 0.15) is 11.1 Å². The molecule has 0 aromatic heterocycles. The molecule has 3 aromatic carbocycles. The van der Waals surface area contributed by atoms with Gasteiger partial charge in [0.1, 0.15) is 0 Å². The van der Waals surface area contributed by atoms with Gasteiger partial charge in [-0.2, -0.15) is 0 Å². The zero-order valence-corrected chi connectivity index (χ0v) is 9.48. The molecule has 3 aromatic rings. The highest BCUT2D eigenvalue weighted by Crippen LogP contribution is 2.33. The molecular formula is C17H12. The second-order valence-corrected chi connectivity index (χ2v) is 4.63. The highest BCUT2D eigenvalue weighted by molar-refractivity contribution is 6.13. The SMILES string of the molecule is C1=Cc2cccc3ccc4cccc(c4c23)C1. The van der Waals surface area contributed by atoms with Crippen LogP contribution >= 0.6 is 0 Å². The number of hydrogen-bond acceptors (Lipinski definition) is 0. The lowest BCUT2D eigenvalue weighted by atomic mass is 9.95. The lowest BCUT2D eigenvalue weighted by Gasteiger charge is -2.08. The Labute approximate surface area is 100 Å². The van der Waals surface area contributed by atoms with Gasteiger partial charge in [-0.3, -0.25) is 0 Å². The van der Waals surface area contributed by atoms with Gasteiger partial charge in [0.15, 0.2) is 0 Å². The summed E-state index contributed by atoms with van der Waals surface area (Å²) in [6.07, 6.45) is 5.55. The highest BCUT2D eigenvalue weighted by Gasteiger charge is 2.09. The van der Waals surface area contributed by atoms with Crippen molar-refractivity contribution < 1.29 is 0 Å². The lowest BCUT2D eigenvalue weighted by molar-refractivity contribution is 1.32. The second kappa shape index (κ2) is 3.21. The monoisotopic (exact) mass is 216 g/mol. The first kappa shape index (κ1) is 9.00. The molecule has 0 fully saturated rings. The van der Waals surface area contributed by atoms with Crippen LogP contribution in [0, 0.1) is 0 Å². The summed E-state index contributed by atoms with van der Waals surface area (Å²) in [7, 11) is 0. The van der Waals surface area contributed by atoms with Gasteiger partial charge in [0.2, 0.25) is 0 Å². The van der Waals surface area contributed by atoms with Gasteiger partial charge in [0.25, 0.3) is 0 Å². The van der Waals surface area contributed by atoms with Crippen LogP contribution in [0.25, 0.3) is 27.6 Å². The van der Waals surface area contributed by atoms with Crippen LogP contribution in [-0.4, -0.2) is 0 Å². The third kappa shape index (κ3) is 1.18. The number of allylic oxidation sites excluding steroid dienone is 1. The van der Waals surface area contributed by atoms with Gasteiger partial charge in [0, 0.05) is 0 Å². The summed E-state index contributed by atoms with van der Waals surface area (Å²) < 4.78 is 0. The topological polar surface area (TPSA) is 0 Å². The molecule has 17 heavy (non-hydrogen) atoms. The molecular weight excluding hydrogens is 204 g/mol. The molecule has 1 aliphatic rings. The zero-order chi connectivity index (χ0) is 11.2. The van der Waals surface area contributed by atoms with E-state index in [1.165, 1.54) is 32.7 Å². The van der Waals surface area contributed by atoms with Gasteiger partial charge in [-0.1, -0.05) is 60.7 Å². The van der Waals surface area contributed by atoms with Gasteiger partial charge in [-0.15, -0.1) is 0 Å². The molecule has 0 saturated heterocycles. The third-order valence-corrected chi connectivity index (χ3v) is 3.64. The zero-order valence-electron chi connectivity index (χ0n) is 9.48.